The summed E-state index contributed by atoms with van der Waals surface area (Å²) in [6.07, 6.45) is -1.91. The number of azide groups is 2. The van der Waals surface area contributed by atoms with Crippen molar-refractivity contribution in [2.45, 2.75) is 30.5 Å². The largest absolute Gasteiger partial charge is 0.354 e. The van der Waals surface area contributed by atoms with Gasteiger partial charge in [0.15, 0.2) is 6.29 Å². The zero-order valence-electron chi connectivity index (χ0n) is 17.7. The summed E-state index contributed by atoms with van der Waals surface area (Å²) >= 11 is 0. The van der Waals surface area contributed by atoms with Crippen molar-refractivity contribution >= 4 is 11.8 Å². The van der Waals surface area contributed by atoms with Crippen molar-refractivity contribution in [3.05, 3.63) is 92.7 Å². The van der Waals surface area contributed by atoms with Crippen LogP contribution in [-0.4, -0.2) is 56.0 Å². The van der Waals surface area contributed by atoms with Crippen molar-refractivity contribution in [3.8, 4) is 0 Å². The number of ether oxygens (including phenoxy) is 2. The van der Waals surface area contributed by atoms with Crippen molar-refractivity contribution in [2.24, 2.45) is 10.2 Å². The van der Waals surface area contributed by atoms with Crippen LogP contribution in [0.3, 0.4) is 0 Å². The summed E-state index contributed by atoms with van der Waals surface area (Å²) in [5.41, 5.74) is 18.8. The third kappa shape index (κ3) is 5.79. The maximum absolute atomic E-state index is 12.9. The van der Waals surface area contributed by atoms with E-state index >= 15 is 0 Å². The highest BCUT2D eigenvalue weighted by Gasteiger charge is 2.47. The maximum atomic E-state index is 12.9. The summed E-state index contributed by atoms with van der Waals surface area (Å²) in [6.45, 7) is -0.160. The second-order valence-corrected chi connectivity index (χ2v) is 7.12. The molecular formula is C21H22N8O4. The molecule has 1 aliphatic heterocycles. The van der Waals surface area contributed by atoms with Gasteiger partial charge in [0.2, 0.25) is 0 Å². The van der Waals surface area contributed by atoms with Crippen LogP contribution in [0.2, 0.25) is 0 Å². The minimum absolute atomic E-state index is 0.160. The number of hydrogen-bond donors (Lipinski definition) is 2. The van der Waals surface area contributed by atoms with Gasteiger partial charge in [0.05, 0.1) is 30.8 Å². The monoisotopic (exact) mass is 450 g/mol. The van der Waals surface area contributed by atoms with E-state index in [2.05, 4.69) is 30.7 Å². The molecule has 3 rings (SSSR count). The molecule has 0 aliphatic carbocycles. The molecule has 2 aromatic rings. The second-order valence-electron chi connectivity index (χ2n) is 7.12. The fraction of sp³-hybridized carbons (Fsp3) is 0.333. The number of benzene rings is 2. The first-order valence-electron chi connectivity index (χ1n) is 10.0. The Hall–Kier alpha value is -4.08. The van der Waals surface area contributed by atoms with Gasteiger partial charge in [0, 0.05) is 28.1 Å². The van der Waals surface area contributed by atoms with E-state index in [9.17, 15) is 15.1 Å². The highest BCUT2D eigenvalue weighted by atomic mass is 16.7. The lowest BCUT2D eigenvalue weighted by Gasteiger charge is -2.44. The van der Waals surface area contributed by atoms with Crippen LogP contribution in [0, 0.1) is 0 Å². The number of rotatable bonds is 8. The molecule has 1 heterocycles. The molecule has 0 spiro atoms. The Labute approximate surface area is 189 Å². The molecule has 33 heavy (non-hydrogen) atoms. The SMILES string of the molecule is CO[C@@H]1O[C@H](CN=[N+]=[N-])[C@@H](NC(=O)c2ccccc2)[C@H](N=[N+]=[N-])[C@H]1NC(=O)c1ccccc1. The van der Waals surface area contributed by atoms with Gasteiger partial charge < -0.3 is 20.1 Å². The number of amides is 2. The highest BCUT2D eigenvalue weighted by Crippen LogP contribution is 2.26. The Morgan fingerprint density at radius 2 is 1.48 bits per heavy atom. The molecule has 5 atom stereocenters. The van der Waals surface area contributed by atoms with E-state index < -0.39 is 42.3 Å². The molecule has 2 N–H and O–H groups in total. The summed E-state index contributed by atoms with van der Waals surface area (Å²) in [6, 6.07) is 14.0. The molecule has 12 heteroatoms. The minimum Gasteiger partial charge on any atom is -0.354 e. The fourth-order valence-electron chi connectivity index (χ4n) is 3.61. The molecule has 0 bridgehead atoms. The molecule has 2 aromatic carbocycles. The highest BCUT2D eigenvalue weighted by molar-refractivity contribution is 5.95. The topological polar surface area (TPSA) is 174 Å². The van der Waals surface area contributed by atoms with Crippen molar-refractivity contribution in [1.82, 2.24) is 10.6 Å². The van der Waals surface area contributed by atoms with Crippen LogP contribution < -0.4 is 10.6 Å². The van der Waals surface area contributed by atoms with Gasteiger partial charge in [-0.15, -0.1) is 0 Å². The average Bonchev–Trinajstić information content (AvgIpc) is 2.86. The predicted octanol–water partition coefficient (Wildman–Crippen LogP) is 2.94. The van der Waals surface area contributed by atoms with Crippen LogP contribution in [0.5, 0.6) is 0 Å². The van der Waals surface area contributed by atoms with E-state index in [4.69, 9.17) is 15.0 Å². The van der Waals surface area contributed by atoms with E-state index in [0.29, 0.717) is 11.1 Å². The first-order valence-corrected chi connectivity index (χ1v) is 10.0. The van der Waals surface area contributed by atoms with Gasteiger partial charge in [0.25, 0.3) is 11.8 Å². The Bertz CT molecular complexity index is 1050. The van der Waals surface area contributed by atoms with E-state index in [1.54, 1.807) is 60.7 Å². The van der Waals surface area contributed by atoms with Gasteiger partial charge in [-0.3, -0.25) is 9.59 Å². The molecule has 0 saturated carbocycles. The average molecular weight is 450 g/mol. The first kappa shape index (κ1) is 23.6. The summed E-state index contributed by atoms with van der Waals surface area (Å²) in [5.74, 6) is -0.886. The normalized spacial score (nSPS) is 24.0. The molecule has 1 fully saturated rings. The van der Waals surface area contributed by atoms with E-state index in [1.807, 2.05) is 0 Å². The summed E-state index contributed by atoms with van der Waals surface area (Å²) in [5, 5.41) is 13.0. The van der Waals surface area contributed by atoms with Crippen molar-refractivity contribution in [1.29, 1.82) is 0 Å². The lowest BCUT2D eigenvalue weighted by Crippen LogP contribution is -2.68. The summed E-state index contributed by atoms with van der Waals surface area (Å²) in [7, 11) is 1.37. The Morgan fingerprint density at radius 3 is 1.97 bits per heavy atom. The predicted molar refractivity (Wildman–Crippen MR) is 118 cm³/mol. The van der Waals surface area contributed by atoms with Gasteiger partial charge in [-0.1, -0.05) is 46.6 Å². The van der Waals surface area contributed by atoms with Crippen LogP contribution in [0.4, 0.5) is 0 Å². The van der Waals surface area contributed by atoms with Gasteiger partial charge >= 0.3 is 0 Å². The Morgan fingerprint density at radius 1 is 0.939 bits per heavy atom. The molecule has 0 radical (unpaired) electrons. The van der Waals surface area contributed by atoms with E-state index in [0.717, 1.165) is 0 Å². The Kier molecular flexibility index (Phi) is 8.23. The van der Waals surface area contributed by atoms with E-state index in [-0.39, 0.29) is 6.54 Å². The molecule has 2 amide bonds. The third-order valence-electron chi connectivity index (χ3n) is 5.15. The molecule has 1 saturated heterocycles. The quantitative estimate of drug-likeness (QED) is 0.357. The third-order valence-corrected chi connectivity index (χ3v) is 5.15. The lowest BCUT2D eigenvalue weighted by atomic mass is 9.91. The van der Waals surface area contributed by atoms with Crippen LogP contribution in [0.25, 0.3) is 20.9 Å². The van der Waals surface area contributed by atoms with Crippen molar-refractivity contribution in [2.75, 3.05) is 13.7 Å². The van der Waals surface area contributed by atoms with Gasteiger partial charge in [-0.2, -0.15) is 0 Å². The molecule has 1 aliphatic rings. The van der Waals surface area contributed by atoms with Gasteiger partial charge in [-0.25, -0.2) is 0 Å². The summed E-state index contributed by atoms with van der Waals surface area (Å²) < 4.78 is 11.3. The zero-order chi connectivity index (χ0) is 23.6. The molecule has 12 nitrogen and oxygen atoms in total. The molecule has 170 valence electrons. The maximum Gasteiger partial charge on any atom is 0.251 e. The van der Waals surface area contributed by atoms with Gasteiger partial charge in [-0.05, 0) is 35.3 Å². The smallest absolute Gasteiger partial charge is 0.251 e. The summed E-state index contributed by atoms with van der Waals surface area (Å²) in [4.78, 5) is 31.3. The standard InChI is InChI=1S/C21H22N8O4/c1-32-21-18(26-20(31)14-10-6-3-7-11-14)17(27-29-23)16(15(33-21)12-24-28-22)25-19(30)13-8-4-2-5-9-13/h2-11,15-18,21H,12H2,1H3,(H,25,30)(H,26,31)/t15-,16-,17+,18-,21-/m1/s1. The van der Waals surface area contributed by atoms with Crippen LogP contribution in [0.1, 0.15) is 20.7 Å². The number of hydrogen-bond acceptors (Lipinski definition) is 6. The zero-order valence-corrected chi connectivity index (χ0v) is 17.7. The first-order chi connectivity index (χ1) is 16.1. The number of nitrogens with one attached hydrogen (secondary N) is 2. The minimum atomic E-state index is -1.03. The molecule has 0 aromatic heterocycles. The number of nitrogens with zero attached hydrogens (tertiary/aromatic N) is 6. The van der Waals surface area contributed by atoms with Gasteiger partial charge in [0.1, 0.15) is 0 Å². The molecular weight excluding hydrogens is 428 g/mol. The van der Waals surface area contributed by atoms with Crippen LogP contribution in [0.15, 0.2) is 70.9 Å². The fourth-order valence-corrected chi connectivity index (χ4v) is 3.61. The second kappa shape index (κ2) is 11.5. The van der Waals surface area contributed by atoms with Crippen molar-refractivity contribution in [3.63, 3.8) is 0 Å². The number of methoxy groups -OCH3 is 1. The van der Waals surface area contributed by atoms with E-state index in [1.165, 1.54) is 7.11 Å². The molecule has 0 unspecified atom stereocenters. The lowest BCUT2D eigenvalue weighted by molar-refractivity contribution is -0.202. The number of carbonyl (C=O) groups is 2. The van der Waals surface area contributed by atoms with Crippen LogP contribution in [-0.2, 0) is 9.47 Å². The van der Waals surface area contributed by atoms with Crippen LogP contribution >= 0.6 is 0 Å². The Balaban J connectivity index is 1.94. The van der Waals surface area contributed by atoms with Crippen molar-refractivity contribution < 1.29 is 19.1 Å². The number of carbonyl (C=O) groups excluding carboxylic acids is 2.